The molecule has 1 saturated heterocycles. The third-order valence-electron chi connectivity index (χ3n) is 4.73. The molecule has 1 heterocycles. The molecule has 0 spiro atoms. The maximum Gasteiger partial charge on any atom is 0.312 e. The fourth-order valence-electron chi connectivity index (χ4n) is 3.18. The molecule has 0 aromatic heterocycles. The molecular formula is C21H17Cl4NO4. The van der Waals surface area contributed by atoms with E-state index >= 15 is 0 Å². The van der Waals surface area contributed by atoms with Crippen LogP contribution in [0.15, 0.2) is 42.5 Å². The normalized spacial score (nSPS) is 17.1. The SMILES string of the molecule is O=C(O[C@@H](CCCl)C(=O)c1ccc(Cl)cc1)[C@H]1CC(=O)N(c2cccc(Cl)c2Cl)C1. The maximum atomic E-state index is 12.7. The lowest BCUT2D eigenvalue weighted by Gasteiger charge is -2.20. The number of hydrogen-bond donors (Lipinski definition) is 0. The van der Waals surface area contributed by atoms with Crippen LogP contribution in [-0.4, -0.2) is 36.2 Å². The minimum Gasteiger partial charge on any atom is -0.454 e. The molecule has 1 amide bonds. The highest BCUT2D eigenvalue weighted by Gasteiger charge is 2.38. The Bertz CT molecular complexity index is 964. The van der Waals surface area contributed by atoms with E-state index in [2.05, 4.69) is 0 Å². The Morgan fingerprint density at radius 2 is 1.80 bits per heavy atom. The number of halogens is 4. The zero-order valence-corrected chi connectivity index (χ0v) is 18.6. The Balaban J connectivity index is 1.72. The van der Waals surface area contributed by atoms with E-state index in [1.807, 2.05) is 0 Å². The van der Waals surface area contributed by atoms with E-state index < -0.39 is 18.0 Å². The number of benzene rings is 2. The summed E-state index contributed by atoms with van der Waals surface area (Å²) in [6.45, 7) is 0.0838. The Labute approximate surface area is 193 Å². The summed E-state index contributed by atoms with van der Waals surface area (Å²) >= 11 is 23.9. The average Bonchev–Trinajstić information content (AvgIpc) is 3.11. The van der Waals surface area contributed by atoms with E-state index in [0.29, 0.717) is 21.3 Å². The fraction of sp³-hybridized carbons (Fsp3) is 0.286. The molecule has 0 radical (unpaired) electrons. The number of esters is 1. The van der Waals surface area contributed by atoms with Crippen molar-refractivity contribution in [2.24, 2.45) is 5.92 Å². The van der Waals surface area contributed by atoms with Crippen molar-refractivity contribution in [2.75, 3.05) is 17.3 Å². The minimum absolute atomic E-state index is 0.0512. The average molecular weight is 489 g/mol. The van der Waals surface area contributed by atoms with Crippen LogP contribution in [0.3, 0.4) is 0 Å². The molecular weight excluding hydrogens is 472 g/mol. The van der Waals surface area contributed by atoms with Crippen molar-refractivity contribution >= 4 is 69.8 Å². The first-order valence-corrected chi connectivity index (χ1v) is 10.8. The lowest BCUT2D eigenvalue weighted by Crippen LogP contribution is -2.32. The lowest BCUT2D eigenvalue weighted by atomic mass is 10.0. The van der Waals surface area contributed by atoms with Crippen LogP contribution in [0.4, 0.5) is 5.69 Å². The summed E-state index contributed by atoms with van der Waals surface area (Å²) in [6, 6.07) is 11.2. The Hall–Kier alpha value is -1.79. The first kappa shape index (κ1) is 22.9. The van der Waals surface area contributed by atoms with Gasteiger partial charge in [-0.1, -0.05) is 40.9 Å². The zero-order chi connectivity index (χ0) is 21.8. The van der Waals surface area contributed by atoms with Gasteiger partial charge in [-0.05, 0) is 36.4 Å². The molecule has 30 heavy (non-hydrogen) atoms. The molecule has 0 aliphatic carbocycles. The van der Waals surface area contributed by atoms with Crippen LogP contribution in [0.25, 0.3) is 0 Å². The number of hydrogen-bond acceptors (Lipinski definition) is 4. The highest BCUT2D eigenvalue weighted by molar-refractivity contribution is 6.44. The van der Waals surface area contributed by atoms with Crippen molar-refractivity contribution in [3.05, 3.63) is 63.1 Å². The van der Waals surface area contributed by atoms with Gasteiger partial charge in [0.15, 0.2) is 6.10 Å². The lowest BCUT2D eigenvalue weighted by molar-refractivity contribution is -0.151. The van der Waals surface area contributed by atoms with Gasteiger partial charge in [-0.15, -0.1) is 11.6 Å². The molecule has 1 aliphatic rings. The molecule has 2 atom stereocenters. The van der Waals surface area contributed by atoms with Gasteiger partial charge in [0.05, 0.1) is 21.7 Å². The highest BCUT2D eigenvalue weighted by atomic mass is 35.5. The van der Waals surface area contributed by atoms with E-state index in [-0.39, 0.29) is 42.0 Å². The van der Waals surface area contributed by atoms with Crippen LogP contribution in [0.1, 0.15) is 23.2 Å². The molecule has 0 saturated carbocycles. The number of alkyl halides is 1. The third-order valence-corrected chi connectivity index (χ3v) is 6.01. The van der Waals surface area contributed by atoms with Gasteiger partial charge in [-0.3, -0.25) is 14.4 Å². The fourth-order valence-corrected chi connectivity index (χ4v) is 3.90. The van der Waals surface area contributed by atoms with Gasteiger partial charge in [-0.25, -0.2) is 0 Å². The molecule has 0 unspecified atom stereocenters. The standard InChI is InChI=1S/C21H17Cl4NO4/c22-9-8-17(20(28)12-4-6-14(23)7-5-12)30-21(29)13-10-18(27)26(11-13)16-3-1-2-15(24)19(16)25/h1-7,13,17H,8-11H2/t13-,17-/m0/s1. The van der Waals surface area contributed by atoms with Gasteiger partial charge in [0.25, 0.3) is 0 Å². The topological polar surface area (TPSA) is 63.7 Å². The van der Waals surface area contributed by atoms with Gasteiger partial charge >= 0.3 is 5.97 Å². The predicted octanol–water partition coefficient (Wildman–Crippen LogP) is 5.42. The van der Waals surface area contributed by atoms with Crippen molar-refractivity contribution in [2.45, 2.75) is 18.9 Å². The number of anilines is 1. The summed E-state index contributed by atoms with van der Waals surface area (Å²) in [6.07, 6.45) is -0.945. The largest absolute Gasteiger partial charge is 0.454 e. The van der Waals surface area contributed by atoms with Crippen LogP contribution in [0.5, 0.6) is 0 Å². The maximum absolute atomic E-state index is 12.7. The molecule has 1 aliphatic heterocycles. The molecule has 2 aromatic rings. The number of ether oxygens (including phenoxy) is 1. The van der Waals surface area contributed by atoms with Crippen molar-refractivity contribution in [3.8, 4) is 0 Å². The van der Waals surface area contributed by atoms with E-state index in [4.69, 9.17) is 51.1 Å². The zero-order valence-electron chi connectivity index (χ0n) is 15.6. The first-order valence-electron chi connectivity index (χ1n) is 9.12. The molecule has 1 fully saturated rings. The number of carbonyl (C=O) groups excluding carboxylic acids is 3. The summed E-state index contributed by atoms with van der Waals surface area (Å²) in [7, 11) is 0. The van der Waals surface area contributed by atoms with Gasteiger partial charge in [-0.2, -0.15) is 0 Å². The molecule has 0 bridgehead atoms. The van der Waals surface area contributed by atoms with Gasteiger partial charge in [0.2, 0.25) is 11.7 Å². The Morgan fingerprint density at radius 3 is 2.47 bits per heavy atom. The van der Waals surface area contributed by atoms with Crippen LogP contribution in [-0.2, 0) is 14.3 Å². The van der Waals surface area contributed by atoms with Gasteiger partial charge < -0.3 is 9.64 Å². The highest BCUT2D eigenvalue weighted by Crippen LogP contribution is 2.36. The number of carbonyl (C=O) groups is 3. The van der Waals surface area contributed by atoms with Gasteiger partial charge in [0.1, 0.15) is 0 Å². The van der Waals surface area contributed by atoms with Crippen molar-refractivity contribution in [1.29, 1.82) is 0 Å². The molecule has 0 N–H and O–H groups in total. The molecule has 5 nitrogen and oxygen atoms in total. The summed E-state index contributed by atoms with van der Waals surface area (Å²) in [5.74, 6) is -1.89. The van der Waals surface area contributed by atoms with E-state index in [0.717, 1.165) is 0 Å². The third kappa shape index (κ3) is 5.09. The van der Waals surface area contributed by atoms with Crippen LogP contribution < -0.4 is 4.90 Å². The molecule has 3 rings (SSSR count). The monoisotopic (exact) mass is 487 g/mol. The number of ketones is 1. The van der Waals surface area contributed by atoms with Crippen molar-refractivity contribution < 1.29 is 19.1 Å². The quantitative estimate of drug-likeness (QED) is 0.296. The number of rotatable bonds is 7. The van der Waals surface area contributed by atoms with E-state index in [1.54, 1.807) is 42.5 Å². The Morgan fingerprint density at radius 1 is 1.10 bits per heavy atom. The summed E-state index contributed by atoms with van der Waals surface area (Å²) in [5.41, 5.74) is 0.788. The summed E-state index contributed by atoms with van der Waals surface area (Å²) in [4.78, 5) is 39.3. The predicted molar refractivity (Wildman–Crippen MR) is 118 cm³/mol. The van der Waals surface area contributed by atoms with Gasteiger partial charge in [0, 0.05) is 35.9 Å². The number of Topliss-reactive ketones (excluding diaryl/α,β-unsaturated/α-hetero) is 1. The number of amides is 1. The van der Waals surface area contributed by atoms with Crippen molar-refractivity contribution in [3.63, 3.8) is 0 Å². The summed E-state index contributed by atoms with van der Waals surface area (Å²) in [5, 5.41) is 1.03. The van der Waals surface area contributed by atoms with Crippen LogP contribution >= 0.6 is 46.4 Å². The smallest absolute Gasteiger partial charge is 0.312 e. The van der Waals surface area contributed by atoms with E-state index in [9.17, 15) is 14.4 Å². The van der Waals surface area contributed by atoms with E-state index in [1.165, 1.54) is 4.90 Å². The molecule has 158 valence electrons. The summed E-state index contributed by atoms with van der Waals surface area (Å²) < 4.78 is 5.46. The van der Waals surface area contributed by atoms with Crippen LogP contribution in [0, 0.1) is 5.92 Å². The second kappa shape index (κ2) is 10.0. The van der Waals surface area contributed by atoms with Crippen molar-refractivity contribution in [1.82, 2.24) is 0 Å². The second-order valence-electron chi connectivity index (χ2n) is 6.75. The first-order chi connectivity index (χ1) is 14.3. The second-order valence-corrected chi connectivity index (χ2v) is 8.35. The number of nitrogens with zero attached hydrogens (tertiary/aromatic N) is 1. The minimum atomic E-state index is -1.05. The van der Waals surface area contributed by atoms with Crippen LogP contribution in [0.2, 0.25) is 15.1 Å². The molecule has 9 heteroatoms. The Kier molecular flexibility index (Phi) is 7.64. The molecule has 2 aromatic carbocycles.